The fourth-order valence-electron chi connectivity index (χ4n) is 4.20. The average Bonchev–Trinajstić information content (AvgIpc) is 3.28. The Morgan fingerprint density at radius 2 is 1.86 bits per heavy atom. The number of fused-ring (bicyclic) bond motifs is 1. The number of benzene rings is 2. The maximum atomic E-state index is 12.9. The van der Waals surface area contributed by atoms with E-state index in [1.165, 1.54) is 31.2 Å². The van der Waals surface area contributed by atoms with E-state index in [-0.39, 0.29) is 5.56 Å². The van der Waals surface area contributed by atoms with Gasteiger partial charge in [-0.05, 0) is 48.9 Å². The molecular weight excluding hydrogens is 354 g/mol. The fourth-order valence-corrected chi connectivity index (χ4v) is 4.20. The minimum Gasteiger partial charge on any atom is -0.494 e. The number of anilines is 1. The second-order valence-corrected chi connectivity index (χ2v) is 7.40. The Balaban J connectivity index is 1.68. The normalized spacial score (nSPS) is 14.5. The van der Waals surface area contributed by atoms with Gasteiger partial charge in [-0.1, -0.05) is 43.2 Å². The first kappa shape index (κ1) is 18.1. The molecule has 0 saturated heterocycles. The van der Waals surface area contributed by atoms with Crippen molar-refractivity contribution in [3.63, 3.8) is 0 Å². The first-order chi connectivity index (χ1) is 13.5. The van der Waals surface area contributed by atoms with Crippen LogP contribution in [0.5, 0.6) is 5.88 Å². The fraction of sp³-hybridized carbons (Fsp3) is 0.273. The van der Waals surface area contributed by atoms with Crippen LogP contribution in [-0.2, 0) is 0 Å². The van der Waals surface area contributed by atoms with Crippen molar-refractivity contribution < 1.29 is 14.7 Å². The number of para-hydroxylation sites is 1. The number of nitrogens with two attached hydrogens (primary N) is 1. The van der Waals surface area contributed by atoms with Crippen LogP contribution in [0.15, 0.2) is 42.5 Å². The number of aromatic nitrogens is 1. The number of hydrogen-bond donors (Lipinski definition) is 3. The zero-order valence-electron chi connectivity index (χ0n) is 15.7. The Hall–Kier alpha value is -3.28. The third-order valence-corrected chi connectivity index (χ3v) is 5.62. The van der Waals surface area contributed by atoms with Crippen LogP contribution in [0.25, 0.3) is 10.9 Å². The molecule has 1 fully saturated rings. The maximum Gasteiger partial charge on any atom is 0.326 e. The third-order valence-electron chi connectivity index (χ3n) is 5.62. The van der Waals surface area contributed by atoms with Crippen molar-refractivity contribution >= 4 is 28.5 Å². The molecule has 4 N–H and O–H groups in total. The summed E-state index contributed by atoms with van der Waals surface area (Å²) in [6, 6.07) is 12.0. The van der Waals surface area contributed by atoms with Crippen LogP contribution >= 0.6 is 0 Å². The highest BCUT2D eigenvalue weighted by molar-refractivity contribution is 6.16. The van der Waals surface area contributed by atoms with Crippen LogP contribution in [-0.4, -0.2) is 21.6 Å². The van der Waals surface area contributed by atoms with Gasteiger partial charge in [0.25, 0.3) is 5.91 Å². The number of carbonyl (C=O) groups excluding carboxylic acids is 2. The first-order valence-corrected chi connectivity index (χ1v) is 9.51. The van der Waals surface area contributed by atoms with Crippen molar-refractivity contribution in [2.75, 3.05) is 5.32 Å². The van der Waals surface area contributed by atoms with Gasteiger partial charge in [-0.2, -0.15) is 0 Å². The van der Waals surface area contributed by atoms with Crippen molar-refractivity contribution in [3.8, 4) is 5.88 Å². The van der Waals surface area contributed by atoms with Crippen LogP contribution in [0.2, 0.25) is 0 Å². The smallest absolute Gasteiger partial charge is 0.326 e. The summed E-state index contributed by atoms with van der Waals surface area (Å²) < 4.78 is 0.945. The number of hydrogen-bond acceptors (Lipinski definition) is 3. The second kappa shape index (κ2) is 7.03. The summed E-state index contributed by atoms with van der Waals surface area (Å²) in [5, 5.41) is 13.8. The maximum absolute atomic E-state index is 12.9. The van der Waals surface area contributed by atoms with Crippen LogP contribution in [0.3, 0.4) is 0 Å². The summed E-state index contributed by atoms with van der Waals surface area (Å²) in [5.74, 6) is -0.335. The quantitative estimate of drug-likeness (QED) is 0.627. The SMILES string of the molecule is Cc1cc(C2CCCC2)ccc1NC(=O)c1c(O)n(C(N)=O)c2ccccc12. The lowest BCUT2D eigenvalue weighted by atomic mass is 9.95. The van der Waals surface area contributed by atoms with E-state index in [2.05, 4.69) is 17.4 Å². The molecule has 1 heterocycles. The molecule has 4 rings (SSSR count). The standard InChI is InChI=1S/C22H23N3O3/c1-13-12-15(14-6-2-3-7-14)10-11-17(13)24-20(26)19-16-8-4-5-9-18(16)25(21(19)27)22(23)28/h4-5,8-12,14,27H,2-3,6-7H2,1H3,(H2,23,28)(H,24,26). The topological polar surface area (TPSA) is 97.3 Å². The van der Waals surface area contributed by atoms with E-state index in [1.807, 2.05) is 13.0 Å². The van der Waals surface area contributed by atoms with Gasteiger partial charge >= 0.3 is 6.03 Å². The Kier molecular flexibility index (Phi) is 4.55. The summed E-state index contributed by atoms with van der Waals surface area (Å²) in [4.78, 5) is 24.7. The Labute approximate surface area is 163 Å². The lowest BCUT2D eigenvalue weighted by Crippen LogP contribution is -2.19. The van der Waals surface area contributed by atoms with E-state index in [1.54, 1.807) is 24.3 Å². The number of aromatic hydroxyl groups is 1. The molecule has 0 unspecified atom stereocenters. The molecule has 6 nitrogen and oxygen atoms in total. The third kappa shape index (κ3) is 3.01. The summed E-state index contributed by atoms with van der Waals surface area (Å²) >= 11 is 0. The molecule has 0 bridgehead atoms. The molecule has 0 atom stereocenters. The largest absolute Gasteiger partial charge is 0.494 e. The molecule has 1 aliphatic rings. The zero-order valence-corrected chi connectivity index (χ0v) is 15.7. The van der Waals surface area contributed by atoms with Gasteiger partial charge < -0.3 is 16.2 Å². The molecular formula is C22H23N3O3. The van der Waals surface area contributed by atoms with Crippen LogP contribution in [0, 0.1) is 6.92 Å². The summed E-state index contributed by atoms with van der Waals surface area (Å²) in [7, 11) is 0. The van der Waals surface area contributed by atoms with Crippen molar-refractivity contribution in [2.45, 2.75) is 38.5 Å². The van der Waals surface area contributed by atoms with Gasteiger partial charge in [-0.25, -0.2) is 9.36 Å². The van der Waals surface area contributed by atoms with E-state index in [4.69, 9.17) is 5.73 Å². The number of carbonyl (C=O) groups is 2. The molecule has 2 amide bonds. The van der Waals surface area contributed by atoms with Gasteiger partial charge in [0.15, 0.2) is 0 Å². The van der Waals surface area contributed by atoms with E-state index < -0.39 is 17.8 Å². The molecule has 3 aromatic rings. The van der Waals surface area contributed by atoms with Crippen LogP contribution in [0.1, 0.15) is 53.1 Å². The highest BCUT2D eigenvalue weighted by Crippen LogP contribution is 2.36. The summed E-state index contributed by atoms with van der Waals surface area (Å²) in [6.07, 6.45) is 4.97. The van der Waals surface area contributed by atoms with E-state index in [9.17, 15) is 14.7 Å². The molecule has 28 heavy (non-hydrogen) atoms. The van der Waals surface area contributed by atoms with Gasteiger partial charge in [0.2, 0.25) is 5.88 Å². The second-order valence-electron chi connectivity index (χ2n) is 7.40. The number of rotatable bonds is 3. The van der Waals surface area contributed by atoms with Crippen molar-refractivity contribution in [1.82, 2.24) is 4.57 Å². The zero-order chi connectivity index (χ0) is 19.8. The monoisotopic (exact) mass is 377 g/mol. The Morgan fingerprint density at radius 1 is 1.14 bits per heavy atom. The summed E-state index contributed by atoms with van der Waals surface area (Å²) in [5.41, 5.74) is 8.77. The lowest BCUT2D eigenvalue weighted by Gasteiger charge is -2.14. The molecule has 1 aliphatic carbocycles. The molecule has 6 heteroatoms. The van der Waals surface area contributed by atoms with Crippen LogP contribution < -0.4 is 11.1 Å². The molecule has 2 aromatic carbocycles. The molecule has 0 spiro atoms. The molecule has 0 radical (unpaired) electrons. The van der Waals surface area contributed by atoms with E-state index in [0.29, 0.717) is 22.5 Å². The molecule has 0 aliphatic heterocycles. The Morgan fingerprint density at radius 3 is 2.54 bits per heavy atom. The Bertz CT molecular complexity index is 1080. The lowest BCUT2D eigenvalue weighted by molar-refractivity contribution is 0.102. The van der Waals surface area contributed by atoms with Gasteiger partial charge in [0.1, 0.15) is 5.56 Å². The number of primary amides is 1. The van der Waals surface area contributed by atoms with Gasteiger partial charge in [0.05, 0.1) is 5.52 Å². The summed E-state index contributed by atoms with van der Waals surface area (Å²) in [6.45, 7) is 1.96. The van der Waals surface area contributed by atoms with E-state index >= 15 is 0 Å². The first-order valence-electron chi connectivity index (χ1n) is 9.51. The van der Waals surface area contributed by atoms with E-state index in [0.717, 1.165) is 10.1 Å². The number of nitrogens with one attached hydrogen (secondary N) is 1. The number of amides is 2. The number of nitrogens with zero attached hydrogens (tertiary/aromatic N) is 1. The average molecular weight is 377 g/mol. The predicted molar refractivity (Wildman–Crippen MR) is 109 cm³/mol. The van der Waals surface area contributed by atoms with Crippen molar-refractivity contribution in [1.29, 1.82) is 0 Å². The highest BCUT2D eigenvalue weighted by Gasteiger charge is 2.25. The van der Waals surface area contributed by atoms with Crippen molar-refractivity contribution in [3.05, 3.63) is 59.2 Å². The van der Waals surface area contributed by atoms with Crippen molar-refractivity contribution in [2.24, 2.45) is 5.73 Å². The minimum absolute atomic E-state index is 0.0358. The molecule has 1 aromatic heterocycles. The van der Waals surface area contributed by atoms with Crippen LogP contribution in [0.4, 0.5) is 10.5 Å². The van der Waals surface area contributed by atoms with Gasteiger partial charge in [0, 0.05) is 11.1 Å². The molecule has 1 saturated carbocycles. The number of aryl methyl sites for hydroxylation is 1. The predicted octanol–water partition coefficient (Wildman–Crippen LogP) is 4.49. The van der Waals surface area contributed by atoms with Gasteiger partial charge in [-0.3, -0.25) is 4.79 Å². The van der Waals surface area contributed by atoms with Gasteiger partial charge in [-0.15, -0.1) is 0 Å². The molecule has 144 valence electrons. The highest BCUT2D eigenvalue weighted by atomic mass is 16.3. The minimum atomic E-state index is -0.843.